The first-order valence-electron chi connectivity index (χ1n) is 16.9. The maximum Gasteiger partial charge on any atom is 0.264 e. The molecule has 12 heteroatoms. The molecule has 2 aromatic carbocycles. The van der Waals surface area contributed by atoms with Crippen molar-refractivity contribution in [2.45, 2.75) is 84.7 Å². The van der Waals surface area contributed by atoms with Crippen LogP contribution in [0.2, 0.25) is 0 Å². The number of carbonyl (C=O) groups is 1. The van der Waals surface area contributed by atoms with Gasteiger partial charge in [0.05, 0.1) is 35.1 Å². The molecule has 0 aliphatic carbocycles. The quantitative estimate of drug-likeness (QED) is 0.197. The van der Waals surface area contributed by atoms with Gasteiger partial charge in [0.15, 0.2) is 5.65 Å². The van der Waals surface area contributed by atoms with E-state index < -0.39 is 16.1 Å². The lowest BCUT2D eigenvalue weighted by molar-refractivity contribution is 0.0549. The Balaban J connectivity index is 1.49. The molecule has 1 atom stereocenters. The van der Waals surface area contributed by atoms with E-state index in [-0.39, 0.29) is 52.7 Å². The first kappa shape index (κ1) is 35.0. The minimum Gasteiger partial charge on any atom is -0.475 e. The molecule has 1 N–H and O–H groups in total. The summed E-state index contributed by atoms with van der Waals surface area (Å²) in [4.78, 5) is 35.0. The Morgan fingerprint density at radius 2 is 1.72 bits per heavy atom. The fraction of sp³-hybridized carbons (Fsp3) is 0.395. The number of nitrogens with zero attached hydrogens (tertiary/aromatic N) is 6. The summed E-state index contributed by atoms with van der Waals surface area (Å²) in [5.74, 6) is 0.0241. The summed E-state index contributed by atoms with van der Waals surface area (Å²) in [6, 6.07) is 15.3. The standard InChI is InChI=1S/C38H45N7O4S/c1-23(2)32-18-31-35(44(32)8)40-27(20-39-31)21-45-28(15-16-38(5,6)7)22-49-33-19-30(34-24(3)11-9-12-25(34)4)41-37(42-33)43-50(47,48)29-14-10-13-26(17-29)36(45)46/h9-14,17-20,23,28H,15-16,21-22H2,1-8H3,(H,41,42,43)/t28-/m1/s1. The van der Waals surface area contributed by atoms with Crippen LogP contribution in [0.3, 0.4) is 0 Å². The van der Waals surface area contributed by atoms with Gasteiger partial charge in [-0.1, -0.05) is 58.9 Å². The minimum absolute atomic E-state index is 0.0274. The summed E-state index contributed by atoms with van der Waals surface area (Å²) in [6.07, 6.45) is 3.12. The van der Waals surface area contributed by atoms with E-state index in [2.05, 4.69) is 49.3 Å². The molecule has 262 valence electrons. The molecule has 6 rings (SSSR count). The van der Waals surface area contributed by atoms with Crippen LogP contribution in [0.25, 0.3) is 22.4 Å². The molecule has 1 amide bonds. The van der Waals surface area contributed by atoms with Crippen LogP contribution in [-0.2, 0) is 23.6 Å². The summed E-state index contributed by atoms with van der Waals surface area (Å²) < 4.78 is 38.5. The van der Waals surface area contributed by atoms with Gasteiger partial charge in [0.2, 0.25) is 11.8 Å². The minimum atomic E-state index is -4.18. The lowest BCUT2D eigenvalue weighted by Crippen LogP contribution is -2.44. The molecule has 1 aliphatic heterocycles. The average molecular weight is 696 g/mol. The van der Waals surface area contributed by atoms with Gasteiger partial charge in [-0.05, 0) is 73.4 Å². The predicted molar refractivity (Wildman–Crippen MR) is 195 cm³/mol. The summed E-state index contributed by atoms with van der Waals surface area (Å²) >= 11 is 0. The van der Waals surface area contributed by atoms with Crippen LogP contribution in [0, 0.1) is 19.3 Å². The molecule has 0 spiro atoms. The van der Waals surface area contributed by atoms with Gasteiger partial charge in [0.25, 0.3) is 15.9 Å². The third-order valence-corrected chi connectivity index (χ3v) is 10.5. The third kappa shape index (κ3) is 7.35. The van der Waals surface area contributed by atoms with Crippen LogP contribution in [0.1, 0.15) is 86.3 Å². The van der Waals surface area contributed by atoms with Crippen molar-refractivity contribution in [3.05, 3.63) is 88.9 Å². The van der Waals surface area contributed by atoms with Gasteiger partial charge >= 0.3 is 0 Å². The molecule has 0 saturated heterocycles. The second-order valence-electron chi connectivity index (χ2n) is 14.7. The molecule has 5 aromatic rings. The van der Waals surface area contributed by atoms with Crippen molar-refractivity contribution in [3.63, 3.8) is 0 Å². The molecule has 0 fully saturated rings. The highest BCUT2D eigenvalue weighted by Gasteiger charge is 2.30. The van der Waals surface area contributed by atoms with E-state index in [1.807, 2.05) is 49.7 Å². The summed E-state index contributed by atoms with van der Waals surface area (Å²) in [5.41, 5.74) is 6.79. The van der Waals surface area contributed by atoms with Gasteiger partial charge in [-0.15, -0.1) is 0 Å². The van der Waals surface area contributed by atoms with Crippen molar-refractivity contribution in [2.24, 2.45) is 12.5 Å². The molecule has 0 radical (unpaired) electrons. The molecular weight excluding hydrogens is 651 g/mol. The number of aryl methyl sites for hydroxylation is 3. The van der Waals surface area contributed by atoms with Crippen LogP contribution in [0.5, 0.6) is 5.88 Å². The number of anilines is 1. The Bertz CT molecular complexity index is 2170. The SMILES string of the molecule is Cc1cccc(C)c1-c1cc2nc(n1)NS(=O)(=O)c1cccc(c1)C(=O)N(Cc1cnc3cc(C(C)C)n(C)c3n1)[C@H](CCC(C)(C)C)CO2. The van der Waals surface area contributed by atoms with Gasteiger partial charge in [-0.2, -0.15) is 4.98 Å². The molecule has 1 aliphatic rings. The molecule has 4 heterocycles. The molecular formula is C38H45N7O4S. The number of amides is 1. The molecule has 3 aromatic heterocycles. The average Bonchev–Trinajstić information content (AvgIpc) is 3.38. The number of hydrogen-bond donors (Lipinski definition) is 1. The van der Waals surface area contributed by atoms with Gasteiger partial charge in [0.1, 0.15) is 12.1 Å². The highest BCUT2D eigenvalue weighted by molar-refractivity contribution is 7.92. The lowest BCUT2D eigenvalue weighted by atomic mass is 9.88. The largest absolute Gasteiger partial charge is 0.475 e. The van der Waals surface area contributed by atoms with Crippen molar-refractivity contribution in [1.29, 1.82) is 0 Å². The van der Waals surface area contributed by atoms with Crippen molar-refractivity contribution in [3.8, 4) is 17.1 Å². The summed E-state index contributed by atoms with van der Waals surface area (Å²) in [7, 11) is -2.21. The third-order valence-electron chi connectivity index (χ3n) is 9.15. The van der Waals surface area contributed by atoms with E-state index in [1.54, 1.807) is 29.3 Å². The normalized spacial score (nSPS) is 16.4. The first-order chi connectivity index (χ1) is 23.6. The van der Waals surface area contributed by atoms with E-state index in [4.69, 9.17) is 14.7 Å². The van der Waals surface area contributed by atoms with Gasteiger partial charge in [-0.3, -0.25) is 9.78 Å². The zero-order valence-corrected chi connectivity index (χ0v) is 30.8. The Hall–Kier alpha value is -4.84. The van der Waals surface area contributed by atoms with E-state index in [0.29, 0.717) is 17.8 Å². The predicted octanol–water partition coefficient (Wildman–Crippen LogP) is 7.20. The summed E-state index contributed by atoms with van der Waals surface area (Å²) in [5, 5.41) is 0. The number of ether oxygens (including phenoxy) is 1. The number of carbonyl (C=O) groups excluding carboxylic acids is 1. The van der Waals surface area contributed by atoms with Crippen molar-refractivity contribution < 1.29 is 17.9 Å². The molecule has 4 bridgehead atoms. The zero-order chi connectivity index (χ0) is 36.0. The second kappa shape index (κ2) is 13.5. The summed E-state index contributed by atoms with van der Waals surface area (Å²) in [6.45, 7) is 14.9. The highest BCUT2D eigenvalue weighted by atomic mass is 32.2. The number of nitrogens with one attached hydrogen (secondary N) is 1. The monoisotopic (exact) mass is 695 g/mol. The number of benzene rings is 2. The van der Waals surface area contributed by atoms with Crippen molar-refractivity contribution >= 4 is 33.0 Å². The van der Waals surface area contributed by atoms with Crippen LogP contribution in [0.4, 0.5) is 5.95 Å². The van der Waals surface area contributed by atoms with Gasteiger partial charge in [-0.25, -0.2) is 23.1 Å². The van der Waals surface area contributed by atoms with Crippen molar-refractivity contribution in [2.75, 3.05) is 11.3 Å². The molecule has 0 saturated carbocycles. The lowest BCUT2D eigenvalue weighted by Gasteiger charge is -2.33. The Morgan fingerprint density at radius 1 is 1.00 bits per heavy atom. The highest BCUT2D eigenvalue weighted by Crippen LogP contribution is 2.31. The number of fused-ring (bicyclic) bond motifs is 5. The van der Waals surface area contributed by atoms with Crippen LogP contribution < -0.4 is 9.46 Å². The van der Waals surface area contributed by atoms with Crippen LogP contribution in [-0.4, -0.2) is 56.4 Å². The number of rotatable bonds is 6. The van der Waals surface area contributed by atoms with E-state index in [1.165, 1.54) is 12.1 Å². The Labute approximate surface area is 294 Å². The zero-order valence-electron chi connectivity index (χ0n) is 30.0. The maximum atomic E-state index is 14.6. The van der Waals surface area contributed by atoms with Crippen LogP contribution in [0.15, 0.2) is 65.7 Å². The number of sulfonamides is 1. The fourth-order valence-corrected chi connectivity index (χ4v) is 7.44. The van der Waals surface area contributed by atoms with Gasteiger partial charge in [0, 0.05) is 29.9 Å². The van der Waals surface area contributed by atoms with E-state index in [0.717, 1.165) is 40.0 Å². The molecule has 0 unspecified atom stereocenters. The Morgan fingerprint density at radius 3 is 2.42 bits per heavy atom. The fourth-order valence-electron chi connectivity index (χ4n) is 6.45. The molecule has 50 heavy (non-hydrogen) atoms. The molecule has 11 nitrogen and oxygen atoms in total. The Kier molecular flexibility index (Phi) is 9.43. The topological polar surface area (TPSA) is 132 Å². The smallest absolute Gasteiger partial charge is 0.264 e. The van der Waals surface area contributed by atoms with Crippen LogP contribution >= 0.6 is 0 Å². The maximum absolute atomic E-state index is 14.6. The number of aromatic nitrogens is 5. The second-order valence-corrected chi connectivity index (χ2v) is 16.3. The van der Waals surface area contributed by atoms with Gasteiger partial charge < -0.3 is 14.2 Å². The number of hydrogen-bond acceptors (Lipinski definition) is 8. The van der Waals surface area contributed by atoms with E-state index >= 15 is 0 Å². The first-order valence-corrected chi connectivity index (χ1v) is 18.4. The van der Waals surface area contributed by atoms with Crippen molar-refractivity contribution in [1.82, 2.24) is 29.4 Å². The van der Waals surface area contributed by atoms with E-state index in [9.17, 15) is 13.2 Å².